The zero-order valence-corrected chi connectivity index (χ0v) is 19.8. The van der Waals surface area contributed by atoms with E-state index in [1.165, 1.54) is 4.90 Å². The summed E-state index contributed by atoms with van der Waals surface area (Å²) >= 11 is 5.13. The average molecular weight is 506 g/mol. The van der Waals surface area contributed by atoms with Crippen molar-refractivity contribution in [2.45, 2.75) is 45.7 Å². The van der Waals surface area contributed by atoms with E-state index in [0.717, 1.165) is 5.56 Å². The van der Waals surface area contributed by atoms with E-state index < -0.39 is 40.6 Å². The number of nitrogens with zero attached hydrogens (tertiary/aromatic N) is 1. The molecule has 11 heteroatoms. The van der Waals surface area contributed by atoms with Crippen LogP contribution in [0.2, 0.25) is 0 Å². The van der Waals surface area contributed by atoms with Gasteiger partial charge in [0.25, 0.3) is 0 Å². The molecule has 2 N–H and O–H groups in total. The molecule has 2 aromatic rings. The molecule has 0 aliphatic carbocycles. The van der Waals surface area contributed by atoms with E-state index in [0.29, 0.717) is 18.7 Å². The molecule has 34 heavy (non-hydrogen) atoms. The van der Waals surface area contributed by atoms with E-state index in [1.54, 1.807) is 27.8 Å². The summed E-state index contributed by atoms with van der Waals surface area (Å²) in [7, 11) is 1.59. The van der Waals surface area contributed by atoms with Crippen molar-refractivity contribution in [2.24, 2.45) is 5.41 Å². The highest BCUT2D eigenvalue weighted by atomic mass is 32.1. The Morgan fingerprint density at radius 2 is 1.44 bits per heavy atom. The van der Waals surface area contributed by atoms with Crippen LogP contribution in [0.5, 0.6) is 0 Å². The number of anilines is 1. The minimum Gasteiger partial charge on any atom is -0.350 e. The van der Waals surface area contributed by atoms with Crippen LogP contribution in [0.1, 0.15) is 37.5 Å². The predicted molar refractivity (Wildman–Crippen MR) is 122 cm³/mol. The summed E-state index contributed by atoms with van der Waals surface area (Å²) in [5.41, 5.74) is -3.25. The van der Waals surface area contributed by atoms with E-state index in [1.807, 2.05) is 30.3 Å². The average Bonchev–Trinajstić information content (AvgIpc) is 2.70. The van der Waals surface area contributed by atoms with Crippen LogP contribution in [-0.2, 0) is 23.7 Å². The van der Waals surface area contributed by atoms with Gasteiger partial charge in [0, 0.05) is 19.3 Å². The zero-order chi connectivity index (χ0) is 25.9. The van der Waals surface area contributed by atoms with Gasteiger partial charge in [-0.2, -0.15) is 26.3 Å². The highest BCUT2D eigenvalue weighted by molar-refractivity contribution is 7.80. The van der Waals surface area contributed by atoms with Gasteiger partial charge in [-0.15, -0.1) is 0 Å². The van der Waals surface area contributed by atoms with Crippen molar-refractivity contribution in [1.29, 1.82) is 0 Å². The van der Waals surface area contributed by atoms with Crippen LogP contribution >= 0.6 is 12.2 Å². The Balaban J connectivity index is 2.24. The molecule has 2 rings (SSSR count). The highest BCUT2D eigenvalue weighted by Gasteiger charge is 2.37. The van der Waals surface area contributed by atoms with Crippen molar-refractivity contribution < 1.29 is 31.1 Å². The number of nitrogens with one attached hydrogen (secondary N) is 2. The number of carbonyl (C=O) groups excluding carboxylic acids is 1. The largest absolute Gasteiger partial charge is 0.416 e. The number of hydrogen-bond donors (Lipinski definition) is 2. The number of amides is 1. The van der Waals surface area contributed by atoms with Crippen LogP contribution in [0.25, 0.3) is 0 Å². The van der Waals surface area contributed by atoms with E-state index in [4.69, 9.17) is 12.2 Å². The van der Waals surface area contributed by atoms with Crippen molar-refractivity contribution in [1.82, 2.24) is 10.2 Å². The first-order chi connectivity index (χ1) is 15.5. The first-order valence-electron chi connectivity index (χ1n) is 10.1. The lowest BCUT2D eigenvalue weighted by Gasteiger charge is -2.34. The third kappa shape index (κ3) is 7.61. The minimum absolute atomic E-state index is 0.0294. The van der Waals surface area contributed by atoms with Gasteiger partial charge >= 0.3 is 12.4 Å². The number of hydrogen-bond acceptors (Lipinski definition) is 2. The smallest absolute Gasteiger partial charge is 0.350 e. The van der Waals surface area contributed by atoms with Gasteiger partial charge in [0.2, 0.25) is 5.91 Å². The summed E-state index contributed by atoms with van der Waals surface area (Å²) in [6, 6.07) is 9.37. The van der Waals surface area contributed by atoms with Crippen LogP contribution in [0, 0.1) is 5.41 Å². The van der Waals surface area contributed by atoms with Gasteiger partial charge in [-0.1, -0.05) is 51.1 Å². The van der Waals surface area contributed by atoms with Crippen LogP contribution < -0.4 is 10.6 Å². The number of likely N-dealkylation sites (N-methyl/N-ethyl adjacent to an activating group) is 1. The summed E-state index contributed by atoms with van der Waals surface area (Å²) in [5, 5.41) is 4.83. The second-order valence-corrected chi connectivity index (χ2v) is 9.28. The molecule has 0 bridgehead atoms. The molecule has 0 spiro atoms. The van der Waals surface area contributed by atoms with Gasteiger partial charge in [-0.3, -0.25) is 4.79 Å². The van der Waals surface area contributed by atoms with Crippen LogP contribution in [0.3, 0.4) is 0 Å². The molecule has 0 aliphatic rings. The molecule has 0 saturated carbocycles. The maximum Gasteiger partial charge on any atom is 0.416 e. The molecular weight excluding hydrogens is 480 g/mol. The van der Waals surface area contributed by atoms with Crippen molar-refractivity contribution >= 4 is 28.9 Å². The summed E-state index contributed by atoms with van der Waals surface area (Å²) in [4.78, 5) is 14.6. The molecule has 0 aromatic heterocycles. The number of carbonyl (C=O) groups is 1. The number of halogens is 6. The number of thiocarbonyl (C=S) groups is 1. The Morgan fingerprint density at radius 1 is 0.941 bits per heavy atom. The Bertz CT molecular complexity index is 984. The fraction of sp³-hybridized carbons (Fsp3) is 0.391. The Labute approximate surface area is 199 Å². The topological polar surface area (TPSA) is 44.4 Å². The lowest BCUT2D eigenvalue weighted by molar-refractivity contribution is -0.143. The molecule has 0 fully saturated rings. The summed E-state index contributed by atoms with van der Waals surface area (Å²) in [6.07, 6.45) is -9.98. The maximum atomic E-state index is 13.1. The third-order valence-corrected chi connectivity index (χ3v) is 5.09. The van der Waals surface area contributed by atoms with Crippen LogP contribution in [0.4, 0.5) is 32.0 Å². The SMILES string of the molecule is CN(Cc1ccccc1)C(=O)[C@@H](NC(=S)Nc1cc(C(F)(F)F)cc(C(F)(F)F)c1)C(C)(C)C. The molecule has 1 amide bonds. The maximum absolute atomic E-state index is 13.1. The predicted octanol–water partition coefficient (Wildman–Crippen LogP) is 6.08. The molecule has 0 unspecified atom stereocenters. The van der Waals surface area contributed by atoms with Gasteiger partial charge in [0.05, 0.1) is 11.1 Å². The molecule has 0 radical (unpaired) electrons. The fourth-order valence-electron chi connectivity index (χ4n) is 3.13. The van der Waals surface area contributed by atoms with Gasteiger partial charge in [-0.25, -0.2) is 0 Å². The molecule has 186 valence electrons. The molecule has 4 nitrogen and oxygen atoms in total. The standard InChI is InChI=1S/C23H25F6N3OS/c1-21(2,3)18(19(33)32(4)13-14-8-6-5-7-9-14)31-20(34)30-17-11-15(22(24,25)26)10-16(12-17)23(27,28)29/h5-12,18H,13H2,1-4H3,(H2,30,31,34)/t18-/m1/s1. The second-order valence-electron chi connectivity index (χ2n) is 8.87. The molecule has 0 saturated heterocycles. The van der Waals surface area contributed by atoms with Crippen molar-refractivity contribution in [3.8, 4) is 0 Å². The number of rotatable bonds is 5. The fourth-order valence-corrected chi connectivity index (χ4v) is 3.37. The highest BCUT2D eigenvalue weighted by Crippen LogP contribution is 2.37. The first-order valence-corrected chi connectivity index (χ1v) is 10.5. The lowest BCUT2D eigenvalue weighted by Crippen LogP contribution is -2.54. The van der Waals surface area contributed by atoms with Gasteiger partial charge in [-0.05, 0) is 41.4 Å². The number of benzene rings is 2. The molecule has 2 aromatic carbocycles. The minimum atomic E-state index is -4.99. The van der Waals surface area contributed by atoms with Crippen molar-refractivity contribution in [2.75, 3.05) is 12.4 Å². The summed E-state index contributed by atoms with van der Waals surface area (Å²) in [6.45, 7) is 5.57. The zero-order valence-electron chi connectivity index (χ0n) is 18.9. The van der Waals surface area contributed by atoms with Crippen molar-refractivity contribution in [3.05, 3.63) is 65.2 Å². The lowest BCUT2D eigenvalue weighted by atomic mass is 9.86. The van der Waals surface area contributed by atoms with E-state index in [9.17, 15) is 31.1 Å². The van der Waals surface area contributed by atoms with Gasteiger partial charge in [0.15, 0.2) is 5.11 Å². The molecule has 1 atom stereocenters. The van der Waals surface area contributed by atoms with E-state index in [2.05, 4.69) is 10.6 Å². The van der Waals surface area contributed by atoms with Crippen LogP contribution in [0.15, 0.2) is 48.5 Å². The second kappa shape index (κ2) is 10.2. The normalized spacial score (nSPS) is 13.2. The molecule has 0 aliphatic heterocycles. The summed E-state index contributed by atoms with van der Waals surface area (Å²) < 4.78 is 78.7. The first kappa shape index (κ1) is 27.4. The quantitative estimate of drug-likeness (QED) is 0.382. The number of alkyl halides is 6. The monoisotopic (exact) mass is 505 g/mol. The van der Waals surface area contributed by atoms with E-state index in [-0.39, 0.29) is 17.1 Å². The molecular formula is C23H25F6N3OS. The Morgan fingerprint density at radius 3 is 1.88 bits per heavy atom. The molecule has 0 heterocycles. The van der Waals surface area contributed by atoms with Gasteiger partial charge < -0.3 is 15.5 Å². The van der Waals surface area contributed by atoms with Crippen LogP contribution in [-0.4, -0.2) is 29.0 Å². The van der Waals surface area contributed by atoms with Crippen molar-refractivity contribution in [3.63, 3.8) is 0 Å². The summed E-state index contributed by atoms with van der Waals surface area (Å²) in [5.74, 6) is -0.347. The van der Waals surface area contributed by atoms with E-state index >= 15 is 0 Å². The Kier molecular flexibility index (Phi) is 8.23. The van der Waals surface area contributed by atoms with Gasteiger partial charge in [0.1, 0.15) is 6.04 Å². The Hall–Kier alpha value is -2.82. The third-order valence-electron chi connectivity index (χ3n) is 4.87.